The van der Waals surface area contributed by atoms with Crippen molar-refractivity contribution in [3.8, 4) is 0 Å². The van der Waals surface area contributed by atoms with Gasteiger partial charge in [-0.05, 0) is 88.8 Å². The summed E-state index contributed by atoms with van der Waals surface area (Å²) < 4.78 is 65.6. The number of nitrogens with one attached hydrogen (secondary N) is 2. The fourth-order valence-corrected chi connectivity index (χ4v) is 6.86. The molecule has 2 aliphatic rings. The molecule has 0 bridgehead atoms. The molecule has 2 N–H and O–H groups in total. The second-order valence-electron chi connectivity index (χ2n) is 11.8. The molecular weight excluding hydrogens is 581 g/mol. The van der Waals surface area contributed by atoms with Crippen molar-refractivity contribution >= 4 is 33.2 Å². The second kappa shape index (κ2) is 14.2. The average molecular weight is 625 g/mol. The van der Waals surface area contributed by atoms with Crippen LogP contribution in [0.1, 0.15) is 74.2 Å². The van der Waals surface area contributed by atoms with E-state index in [2.05, 4.69) is 32.5 Å². The van der Waals surface area contributed by atoms with Crippen molar-refractivity contribution in [2.24, 2.45) is 5.92 Å². The number of amides is 1. The van der Waals surface area contributed by atoms with Gasteiger partial charge in [-0.25, -0.2) is 13.4 Å². The summed E-state index contributed by atoms with van der Waals surface area (Å²) in [5.41, 5.74) is 0.114. The molecule has 1 aromatic heterocycles. The van der Waals surface area contributed by atoms with E-state index < -0.39 is 21.6 Å². The number of sulfone groups is 1. The third-order valence-corrected chi connectivity index (χ3v) is 10.5. The van der Waals surface area contributed by atoms with Crippen molar-refractivity contribution in [3.63, 3.8) is 0 Å². The van der Waals surface area contributed by atoms with Gasteiger partial charge >= 0.3 is 6.18 Å². The molecule has 0 unspecified atom stereocenters. The van der Waals surface area contributed by atoms with Gasteiger partial charge in [-0.3, -0.25) is 4.79 Å². The number of rotatable bonds is 11. The zero-order valence-corrected chi connectivity index (χ0v) is 26.0. The standard InChI is InChI=1S/C30H43F3N6O3S/c1-4-43(41,42)19-7-9-21-8-5-6-10-26(21)36-27-25(30(31,32)33)20-34-29(37-27)35-23-13-11-22(12-14-23)28(40)39(3)24-15-17-38(2)18-16-24/h11-14,20-21,24,26H,4-10,15-19H2,1-3H3,(H2,34,35,36,37)/t21-,26-/m1/s1. The van der Waals surface area contributed by atoms with Crippen molar-refractivity contribution in [3.05, 3.63) is 41.6 Å². The first-order chi connectivity index (χ1) is 20.4. The molecule has 0 radical (unpaired) electrons. The lowest BCUT2D eigenvalue weighted by Crippen LogP contribution is -2.44. The minimum atomic E-state index is -4.65. The second-order valence-corrected chi connectivity index (χ2v) is 14.3. The summed E-state index contributed by atoms with van der Waals surface area (Å²) >= 11 is 0. The molecule has 43 heavy (non-hydrogen) atoms. The van der Waals surface area contributed by atoms with Crippen LogP contribution in [-0.4, -0.2) is 84.9 Å². The summed E-state index contributed by atoms with van der Waals surface area (Å²) in [6, 6.07) is 6.67. The van der Waals surface area contributed by atoms with Crippen molar-refractivity contribution in [1.82, 2.24) is 19.8 Å². The van der Waals surface area contributed by atoms with Gasteiger partial charge in [-0.2, -0.15) is 18.2 Å². The maximum absolute atomic E-state index is 13.9. The largest absolute Gasteiger partial charge is 0.421 e. The lowest BCUT2D eigenvalue weighted by molar-refractivity contribution is -0.137. The van der Waals surface area contributed by atoms with Crippen molar-refractivity contribution in [2.75, 3.05) is 49.3 Å². The molecule has 1 amide bonds. The number of piperidine rings is 1. The maximum atomic E-state index is 13.9. The quantitative estimate of drug-likeness (QED) is 0.333. The van der Waals surface area contributed by atoms with Crippen LogP contribution in [0.15, 0.2) is 30.5 Å². The normalized spacial score (nSPS) is 20.5. The van der Waals surface area contributed by atoms with E-state index in [0.29, 0.717) is 30.5 Å². The smallest absolute Gasteiger partial charge is 0.366 e. The van der Waals surface area contributed by atoms with Gasteiger partial charge in [0.2, 0.25) is 5.95 Å². The van der Waals surface area contributed by atoms with Gasteiger partial charge in [-0.15, -0.1) is 0 Å². The van der Waals surface area contributed by atoms with Gasteiger partial charge in [-0.1, -0.05) is 19.8 Å². The van der Waals surface area contributed by atoms with Gasteiger partial charge in [0.25, 0.3) is 5.91 Å². The fraction of sp³-hybridized carbons (Fsp3) is 0.633. The highest BCUT2D eigenvalue weighted by Crippen LogP contribution is 2.37. The van der Waals surface area contributed by atoms with E-state index >= 15 is 0 Å². The lowest BCUT2D eigenvalue weighted by atomic mass is 9.82. The number of benzene rings is 1. The molecule has 2 atom stereocenters. The number of nitrogens with zero attached hydrogens (tertiary/aromatic N) is 4. The molecule has 1 saturated heterocycles. The molecule has 1 aliphatic heterocycles. The molecule has 13 heteroatoms. The number of hydrogen-bond donors (Lipinski definition) is 2. The monoisotopic (exact) mass is 624 g/mol. The van der Waals surface area contributed by atoms with Crippen LogP contribution in [0.25, 0.3) is 0 Å². The Bertz CT molecular complexity index is 1330. The van der Waals surface area contributed by atoms with E-state index in [4.69, 9.17) is 0 Å². The number of likely N-dealkylation sites (tertiary alicyclic amines) is 1. The van der Waals surface area contributed by atoms with Gasteiger partial charge in [0.05, 0.1) is 5.75 Å². The van der Waals surface area contributed by atoms with Gasteiger partial charge in [0, 0.05) is 42.3 Å². The molecule has 1 saturated carbocycles. The highest BCUT2D eigenvalue weighted by Gasteiger charge is 2.37. The zero-order valence-electron chi connectivity index (χ0n) is 25.2. The third kappa shape index (κ3) is 9.04. The minimum Gasteiger partial charge on any atom is -0.366 e. The Balaban J connectivity index is 1.45. The number of carbonyl (C=O) groups excluding carboxylic acids is 1. The Morgan fingerprint density at radius 3 is 2.42 bits per heavy atom. The number of aromatic nitrogens is 2. The number of alkyl halides is 3. The lowest BCUT2D eigenvalue weighted by Gasteiger charge is -2.35. The first-order valence-electron chi connectivity index (χ1n) is 15.1. The topological polar surface area (TPSA) is 108 Å². The van der Waals surface area contributed by atoms with Crippen LogP contribution in [0.2, 0.25) is 0 Å². The van der Waals surface area contributed by atoms with E-state index in [0.717, 1.165) is 51.4 Å². The maximum Gasteiger partial charge on any atom is 0.421 e. The van der Waals surface area contributed by atoms with Crippen molar-refractivity contribution < 1.29 is 26.4 Å². The van der Waals surface area contributed by atoms with Crippen LogP contribution in [-0.2, 0) is 16.0 Å². The SMILES string of the molecule is CCS(=O)(=O)CCC[C@H]1CCCC[C@H]1Nc1nc(Nc2ccc(C(=O)N(C)C3CCN(C)CC3)cc2)ncc1C(F)(F)F. The van der Waals surface area contributed by atoms with E-state index in [-0.39, 0.29) is 47.2 Å². The molecule has 0 spiro atoms. The van der Waals surface area contributed by atoms with Crippen LogP contribution in [0.4, 0.5) is 30.6 Å². The number of anilines is 3. The molecule has 9 nitrogen and oxygen atoms in total. The summed E-state index contributed by atoms with van der Waals surface area (Å²) in [5, 5.41) is 6.02. The first-order valence-corrected chi connectivity index (χ1v) is 16.9. The van der Waals surface area contributed by atoms with E-state index in [1.54, 1.807) is 36.1 Å². The van der Waals surface area contributed by atoms with Gasteiger partial charge < -0.3 is 20.4 Å². The zero-order chi connectivity index (χ0) is 31.2. The van der Waals surface area contributed by atoms with Gasteiger partial charge in [0.15, 0.2) is 0 Å². The van der Waals surface area contributed by atoms with Crippen molar-refractivity contribution in [2.45, 2.75) is 76.6 Å². The predicted octanol–water partition coefficient (Wildman–Crippen LogP) is 5.59. The minimum absolute atomic E-state index is 0.000538. The number of carbonyl (C=O) groups is 1. The molecule has 2 heterocycles. The molecule has 238 valence electrons. The average Bonchev–Trinajstić information content (AvgIpc) is 2.97. The molecule has 2 aromatic rings. The Morgan fingerprint density at radius 1 is 1.09 bits per heavy atom. The van der Waals surface area contributed by atoms with Crippen LogP contribution in [0, 0.1) is 5.92 Å². The van der Waals surface area contributed by atoms with Crippen LogP contribution >= 0.6 is 0 Å². The van der Waals surface area contributed by atoms with E-state index in [1.165, 1.54) is 0 Å². The predicted molar refractivity (Wildman–Crippen MR) is 162 cm³/mol. The Hall–Kier alpha value is -2.93. The third-order valence-electron chi connectivity index (χ3n) is 8.74. The molecule has 1 aliphatic carbocycles. The molecule has 4 rings (SSSR count). The van der Waals surface area contributed by atoms with Gasteiger partial charge in [0.1, 0.15) is 21.2 Å². The Labute approximate surface area is 252 Å². The van der Waals surface area contributed by atoms with E-state index in [9.17, 15) is 26.4 Å². The van der Waals surface area contributed by atoms with E-state index in [1.807, 2.05) is 7.05 Å². The summed E-state index contributed by atoms with van der Waals surface area (Å²) in [7, 11) is 0.792. The summed E-state index contributed by atoms with van der Waals surface area (Å²) in [5.74, 6) is -0.159. The Kier molecular flexibility index (Phi) is 10.9. The molecular formula is C30H43F3N6O3S. The highest BCUT2D eigenvalue weighted by atomic mass is 32.2. The Morgan fingerprint density at radius 2 is 1.77 bits per heavy atom. The molecule has 1 aromatic carbocycles. The van der Waals surface area contributed by atoms with Crippen LogP contribution in [0.3, 0.4) is 0 Å². The van der Waals surface area contributed by atoms with Crippen molar-refractivity contribution in [1.29, 1.82) is 0 Å². The van der Waals surface area contributed by atoms with Crippen LogP contribution in [0.5, 0.6) is 0 Å². The summed E-state index contributed by atoms with van der Waals surface area (Å²) in [6.07, 6.45) is 2.39. The summed E-state index contributed by atoms with van der Waals surface area (Å²) in [4.78, 5) is 25.2. The fourth-order valence-electron chi connectivity index (χ4n) is 5.97. The van der Waals surface area contributed by atoms with Crippen LogP contribution < -0.4 is 10.6 Å². The molecule has 2 fully saturated rings. The highest BCUT2D eigenvalue weighted by molar-refractivity contribution is 7.91. The number of halogens is 3. The summed E-state index contributed by atoms with van der Waals surface area (Å²) in [6.45, 7) is 3.50. The number of hydrogen-bond acceptors (Lipinski definition) is 8. The first kappa shape index (κ1) is 33.0.